The van der Waals surface area contributed by atoms with Gasteiger partial charge in [-0.1, -0.05) is 23.7 Å². The first-order valence-corrected chi connectivity index (χ1v) is 10.1. The van der Waals surface area contributed by atoms with E-state index >= 15 is 0 Å². The molecule has 6 nitrogen and oxygen atoms in total. The molecular formula is C22H25ClN2O4. The van der Waals surface area contributed by atoms with Crippen molar-refractivity contribution in [3.8, 4) is 11.5 Å². The fourth-order valence-electron chi connectivity index (χ4n) is 3.32. The number of benzene rings is 2. The zero-order valence-corrected chi connectivity index (χ0v) is 17.2. The van der Waals surface area contributed by atoms with Gasteiger partial charge in [0, 0.05) is 37.6 Å². The third-order valence-corrected chi connectivity index (χ3v) is 5.22. The summed E-state index contributed by atoms with van der Waals surface area (Å²) in [6.07, 6.45) is 1.03. The molecule has 0 unspecified atom stereocenters. The lowest BCUT2D eigenvalue weighted by atomic mass is 10.1. The van der Waals surface area contributed by atoms with E-state index in [0.717, 1.165) is 11.3 Å². The predicted octanol–water partition coefficient (Wildman–Crippen LogP) is 3.50. The van der Waals surface area contributed by atoms with E-state index in [1.165, 1.54) is 6.07 Å². The number of phenols is 1. The first-order chi connectivity index (χ1) is 14.0. The number of phenolic OH excluding ortho intramolecular Hbond substituents is 1. The van der Waals surface area contributed by atoms with Crippen LogP contribution in [0.2, 0.25) is 5.02 Å². The lowest BCUT2D eigenvalue weighted by Crippen LogP contribution is -2.50. The van der Waals surface area contributed by atoms with Gasteiger partial charge in [0.2, 0.25) is 5.91 Å². The molecule has 1 N–H and O–H groups in total. The number of aromatic hydroxyl groups is 1. The Kier molecular flexibility index (Phi) is 6.99. The minimum atomic E-state index is -0.207. The van der Waals surface area contributed by atoms with E-state index in [4.69, 9.17) is 16.3 Å². The third kappa shape index (κ3) is 5.41. The van der Waals surface area contributed by atoms with Crippen LogP contribution >= 0.6 is 11.6 Å². The van der Waals surface area contributed by atoms with Gasteiger partial charge in [-0.2, -0.15) is 0 Å². The Bertz CT molecular complexity index is 879. The Morgan fingerprint density at radius 1 is 1.07 bits per heavy atom. The van der Waals surface area contributed by atoms with E-state index in [9.17, 15) is 14.7 Å². The van der Waals surface area contributed by atoms with Crippen molar-refractivity contribution in [3.63, 3.8) is 0 Å². The van der Waals surface area contributed by atoms with Crippen LogP contribution in [0.25, 0.3) is 0 Å². The van der Waals surface area contributed by atoms with E-state index in [1.807, 2.05) is 19.1 Å². The summed E-state index contributed by atoms with van der Waals surface area (Å²) in [5.74, 6) is 0.614. The molecule has 1 fully saturated rings. The number of nitrogens with zero attached hydrogens (tertiary/aromatic N) is 2. The molecule has 1 heterocycles. The standard InChI is InChI=1S/C22H25ClN2O4/c1-16-15-17(23)8-9-20(16)29-14-4-7-21(27)24-10-12-25(13-11-24)22(28)18-5-2-3-6-19(18)26/h2-3,5-6,8-9,15,26H,4,7,10-14H2,1H3. The number of rotatable bonds is 6. The molecule has 2 amide bonds. The molecule has 0 radical (unpaired) electrons. The van der Waals surface area contributed by atoms with Gasteiger partial charge in [-0.25, -0.2) is 0 Å². The molecule has 1 aliphatic heterocycles. The van der Waals surface area contributed by atoms with Crippen molar-refractivity contribution >= 4 is 23.4 Å². The van der Waals surface area contributed by atoms with Crippen LogP contribution in [0, 0.1) is 6.92 Å². The molecule has 7 heteroatoms. The summed E-state index contributed by atoms with van der Waals surface area (Å²) in [5.41, 5.74) is 1.26. The van der Waals surface area contributed by atoms with Crippen LogP contribution in [0.5, 0.6) is 11.5 Å². The smallest absolute Gasteiger partial charge is 0.257 e. The fourth-order valence-corrected chi connectivity index (χ4v) is 3.55. The summed E-state index contributed by atoms with van der Waals surface area (Å²) >= 11 is 5.94. The van der Waals surface area contributed by atoms with Crippen LogP contribution in [0.4, 0.5) is 0 Å². The van der Waals surface area contributed by atoms with Gasteiger partial charge < -0.3 is 19.6 Å². The monoisotopic (exact) mass is 416 g/mol. The van der Waals surface area contributed by atoms with Crippen molar-refractivity contribution in [2.45, 2.75) is 19.8 Å². The average Bonchev–Trinajstić information content (AvgIpc) is 2.72. The number of halogens is 1. The molecule has 2 aromatic carbocycles. The fraction of sp³-hybridized carbons (Fsp3) is 0.364. The normalized spacial score (nSPS) is 14.0. The third-order valence-electron chi connectivity index (χ3n) is 4.98. The Morgan fingerprint density at radius 3 is 2.45 bits per heavy atom. The number of hydrogen-bond acceptors (Lipinski definition) is 4. The van der Waals surface area contributed by atoms with Crippen LogP contribution in [0.15, 0.2) is 42.5 Å². The van der Waals surface area contributed by atoms with Crippen molar-refractivity contribution in [2.24, 2.45) is 0 Å². The second kappa shape index (κ2) is 9.65. The van der Waals surface area contributed by atoms with E-state index in [-0.39, 0.29) is 17.6 Å². The van der Waals surface area contributed by atoms with Gasteiger partial charge >= 0.3 is 0 Å². The number of para-hydroxylation sites is 1. The summed E-state index contributed by atoms with van der Waals surface area (Å²) in [7, 11) is 0. The second-order valence-electron chi connectivity index (χ2n) is 7.05. The minimum absolute atomic E-state index is 0.0214. The van der Waals surface area contributed by atoms with Crippen LogP contribution in [0.3, 0.4) is 0 Å². The Morgan fingerprint density at radius 2 is 1.76 bits per heavy atom. The Labute approximate surface area is 175 Å². The highest BCUT2D eigenvalue weighted by molar-refractivity contribution is 6.30. The van der Waals surface area contributed by atoms with Gasteiger partial charge in [-0.05, 0) is 49.2 Å². The molecule has 0 spiro atoms. The van der Waals surface area contributed by atoms with Gasteiger partial charge in [0.25, 0.3) is 5.91 Å². The maximum Gasteiger partial charge on any atom is 0.257 e. The Hall–Kier alpha value is -2.73. The molecule has 1 aliphatic rings. The number of hydrogen-bond donors (Lipinski definition) is 1. The van der Waals surface area contributed by atoms with Crippen LogP contribution in [-0.4, -0.2) is 59.5 Å². The van der Waals surface area contributed by atoms with Gasteiger partial charge in [-0.15, -0.1) is 0 Å². The molecular weight excluding hydrogens is 392 g/mol. The van der Waals surface area contributed by atoms with Gasteiger partial charge in [0.05, 0.1) is 12.2 Å². The van der Waals surface area contributed by atoms with Crippen LogP contribution in [0.1, 0.15) is 28.8 Å². The summed E-state index contributed by atoms with van der Waals surface area (Å²) < 4.78 is 5.73. The molecule has 154 valence electrons. The lowest BCUT2D eigenvalue weighted by Gasteiger charge is -2.35. The number of ether oxygens (including phenoxy) is 1. The van der Waals surface area contributed by atoms with Crippen molar-refractivity contribution in [1.82, 2.24) is 9.80 Å². The first-order valence-electron chi connectivity index (χ1n) is 9.69. The highest BCUT2D eigenvalue weighted by Gasteiger charge is 2.25. The van der Waals surface area contributed by atoms with Crippen molar-refractivity contribution in [1.29, 1.82) is 0 Å². The van der Waals surface area contributed by atoms with Crippen molar-refractivity contribution < 1.29 is 19.4 Å². The molecule has 3 rings (SSSR count). The highest BCUT2D eigenvalue weighted by Crippen LogP contribution is 2.22. The molecule has 0 saturated carbocycles. The highest BCUT2D eigenvalue weighted by atomic mass is 35.5. The molecule has 1 saturated heterocycles. The van der Waals surface area contributed by atoms with Crippen molar-refractivity contribution in [2.75, 3.05) is 32.8 Å². The predicted molar refractivity (Wildman–Crippen MR) is 112 cm³/mol. The number of amides is 2. The number of carbonyl (C=O) groups excluding carboxylic acids is 2. The molecule has 0 atom stereocenters. The van der Waals surface area contributed by atoms with E-state index in [2.05, 4.69) is 0 Å². The average molecular weight is 417 g/mol. The van der Waals surface area contributed by atoms with E-state index < -0.39 is 0 Å². The lowest BCUT2D eigenvalue weighted by molar-refractivity contribution is -0.132. The summed E-state index contributed by atoms with van der Waals surface area (Å²) in [4.78, 5) is 28.4. The largest absolute Gasteiger partial charge is 0.507 e. The molecule has 0 aliphatic carbocycles. The maximum atomic E-state index is 12.5. The minimum Gasteiger partial charge on any atom is -0.507 e. The SMILES string of the molecule is Cc1cc(Cl)ccc1OCCCC(=O)N1CCN(C(=O)c2ccccc2O)CC1. The molecule has 2 aromatic rings. The van der Waals surface area contributed by atoms with Crippen LogP contribution < -0.4 is 4.74 Å². The zero-order chi connectivity index (χ0) is 20.8. The zero-order valence-electron chi connectivity index (χ0n) is 16.4. The molecule has 0 aromatic heterocycles. The van der Waals surface area contributed by atoms with Gasteiger partial charge in [0.15, 0.2) is 0 Å². The molecule has 29 heavy (non-hydrogen) atoms. The number of carbonyl (C=O) groups is 2. The van der Waals surface area contributed by atoms with Crippen LogP contribution in [-0.2, 0) is 4.79 Å². The number of aryl methyl sites for hydroxylation is 1. The first kappa shape index (κ1) is 21.0. The summed E-state index contributed by atoms with van der Waals surface area (Å²) in [6, 6.07) is 12.0. The quantitative estimate of drug-likeness (QED) is 0.732. The second-order valence-corrected chi connectivity index (χ2v) is 7.49. The summed E-state index contributed by atoms with van der Waals surface area (Å²) in [6.45, 7) is 4.30. The molecule has 0 bridgehead atoms. The van der Waals surface area contributed by atoms with Gasteiger partial charge in [0.1, 0.15) is 11.5 Å². The Balaban J connectivity index is 1.41. The van der Waals surface area contributed by atoms with Crippen molar-refractivity contribution in [3.05, 3.63) is 58.6 Å². The number of piperazine rings is 1. The summed E-state index contributed by atoms with van der Waals surface area (Å²) in [5, 5.41) is 10.5. The van der Waals surface area contributed by atoms with E-state index in [0.29, 0.717) is 56.2 Å². The van der Waals surface area contributed by atoms with Gasteiger partial charge in [-0.3, -0.25) is 9.59 Å². The topological polar surface area (TPSA) is 70.1 Å². The maximum absolute atomic E-state index is 12.5. The van der Waals surface area contributed by atoms with E-state index in [1.54, 1.807) is 34.1 Å².